The number of methoxy groups -OCH3 is 1. The number of nitrogens with one attached hydrogen (secondary N) is 1. The lowest BCUT2D eigenvalue weighted by Gasteiger charge is -2.32. The number of rotatable bonds is 4. The van der Waals surface area contributed by atoms with Crippen LogP contribution in [-0.2, 0) is 9.53 Å². The number of amides is 2. The van der Waals surface area contributed by atoms with Crippen molar-refractivity contribution in [1.82, 2.24) is 4.90 Å². The SMILES string of the molecule is COC(=O)c1cccc(NC(=O)C2CCCN(C(=O)c3ccc(C)cc3)C2)c1. The summed E-state index contributed by atoms with van der Waals surface area (Å²) in [4.78, 5) is 38.8. The highest BCUT2D eigenvalue weighted by atomic mass is 16.5. The maximum Gasteiger partial charge on any atom is 0.337 e. The molecule has 1 unspecified atom stereocenters. The molecule has 1 saturated heterocycles. The molecular weight excluding hydrogens is 356 g/mol. The molecule has 28 heavy (non-hydrogen) atoms. The number of likely N-dealkylation sites (tertiary alicyclic amines) is 1. The first kappa shape index (κ1) is 19.6. The van der Waals surface area contributed by atoms with Gasteiger partial charge < -0.3 is 15.0 Å². The predicted octanol–water partition coefficient (Wildman–Crippen LogP) is 3.27. The summed E-state index contributed by atoms with van der Waals surface area (Å²) in [5.74, 6) is -0.942. The molecule has 146 valence electrons. The Morgan fingerprint density at radius 1 is 1.07 bits per heavy atom. The molecule has 1 N–H and O–H groups in total. The van der Waals surface area contributed by atoms with Crippen LogP contribution in [0.1, 0.15) is 39.1 Å². The first-order valence-corrected chi connectivity index (χ1v) is 9.33. The minimum Gasteiger partial charge on any atom is -0.465 e. The van der Waals surface area contributed by atoms with Crippen molar-refractivity contribution in [3.63, 3.8) is 0 Å². The lowest BCUT2D eigenvalue weighted by atomic mass is 9.96. The van der Waals surface area contributed by atoms with Gasteiger partial charge in [0.1, 0.15) is 0 Å². The standard InChI is InChI=1S/C22H24N2O4/c1-15-8-10-16(11-9-15)21(26)24-12-4-6-18(14-24)20(25)23-19-7-3-5-17(13-19)22(27)28-2/h3,5,7-11,13,18H,4,6,12,14H2,1-2H3,(H,23,25). The Morgan fingerprint density at radius 2 is 1.82 bits per heavy atom. The fraction of sp³-hybridized carbons (Fsp3) is 0.318. The van der Waals surface area contributed by atoms with E-state index in [0.717, 1.165) is 18.4 Å². The third kappa shape index (κ3) is 4.57. The fourth-order valence-electron chi connectivity index (χ4n) is 3.34. The van der Waals surface area contributed by atoms with Crippen molar-refractivity contribution < 1.29 is 19.1 Å². The average molecular weight is 380 g/mol. The maximum absolute atomic E-state index is 12.7. The van der Waals surface area contributed by atoms with Crippen LogP contribution in [0.15, 0.2) is 48.5 Å². The van der Waals surface area contributed by atoms with Gasteiger partial charge in [0, 0.05) is 24.3 Å². The quantitative estimate of drug-likeness (QED) is 0.826. The molecule has 0 saturated carbocycles. The second-order valence-corrected chi connectivity index (χ2v) is 7.02. The summed E-state index contributed by atoms with van der Waals surface area (Å²) in [6.45, 7) is 3.01. The van der Waals surface area contributed by atoms with Gasteiger partial charge in [-0.1, -0.05) is 23.8 Å². The predicted molar refractivity (Wildman–Crippen MR) is 106 cm³/mol. The second kappa shape index (κ2) is 8.69. The number of ether oxygens (including phenoxy) is 1. The summed E-state index contributed by atoms with van der Waals surface area (Å²) in [6.07, 6.45) is 1.50. The molecule has 1 atom stereocenters. The Bertz CT molecular complexity index is 876. The Kier molecular flexibility index (Phi) is 6.09. The Hall–Kier alpha value is -3.15. The molecule has 3 rings (SSSR count). The van der Waals surface area contributed by atoms with Gasteiger partial charge in [-0.05, 0) is 50.1 Å². The second-order valence-electron chi connectivity index (χ2n) is 7.02. The van der Waals surface area contributed by atoms with Crippen LogP contribution in [0.5, 0.6) is 0 Å². The number of aryl methyl sites for hydroxylation is 1. The average Bonchev–Trinajstić information content (AvgIpc) is 2.73. The van der Waals surface area contributed by atoms with Crippen molar-refractivity contribution >= 4 is 23.5 Å². The highest BCUT2D eigenvalue weighted by Crippen LogP contribution is 2.21. The van der Waals surface area contributed by atoms with E-state index in [1.807, 2.05) is 31.2 Å². The number of anilines is 1. The summed E-state index contributed by atoms with van der Waals surface area (Å²) >= 11 is 0. The molecular formula is C22H24N2O4. The molecule has 0 spiro atoms. The number of carbonyl (C=O) groups excluding carboxylic acids is 3. The smallest absolute Gasteiger partial charge is 0.337 e. The van der Waals surface area contributed by atoms with Crippen molar-refractivity contribution in [2.24, 2.45) is 5.92 Å². The minimum absolute atomic E-state index is 0.0508. The highest BCUT2D eigenvalue weighted by Gasteiger charge is 2.29. The fourth-order valence-corrected chi connectivity index (χ4v) is 3.34. The van der Waals surface area contributed by atoms with Crippen molar-refractivity contribution in [2.75, 3.05) is 25.5 Å². The van der Waals surface area contributed by atoms with E-state index in [9.17, 15) is 14.4 Å². The van der Waals surface area contributed by atoms with Gasteiger partial charge in [0.15, 0.2) is 0 Å². The van der Waals surface area contributed by atoms with Gasteiger partial charge in [-0.25, -0.2) is 4.79 Å². The minimum atomic E-state index is -0.455. The normalized spacial score (nSPS) is 16.4. The number of benzene rings is 2. The largest absolute Gasteiger partial charge is 0.465 e. The topological polar surface area (TPSA) is 75.7 Å². The molecule has 1 fully saturated rings. The third-order valence-electron chi connectivity index (χ3n) is 4.93. The molecule has 2 aromatic carbocycles. The van der Waals surface area contributed by atoms with Crippen LogP contribution in [0.25, 0.3) is 0 Å². The van der Waals surface area contributed by atoms with Gasteiger partial charge in [0.25, 0.3) is 5.91 Å². The lowest BCUT2D eigenvalue weighted by molar-refractivity contribution is -0.121. The molecule has 0 aliphatic carbocycles. The zero-order valence-corrected chi connectivity index (χ0v) is 16.1. The Balaban J connectivity index is 1.65. The molecule has 0 radical (unpaired) electrons. The van der Waals surface area contributed by atoms with Crippen LogP contribution in [-0.4, -0.2) is 42.9 Å². The van der Waals surface area contributed by atoms with E-state index in [0.29, 0.717) is 29.9 Å². The van der Waals surface area contributed by atoms with Crippen molar-refractivity contribution in [3.05, 3.63) is 65.2 Å². The number of esters is 1. The van der Waals surface area contributed by atoms with Crippen LogP contribution in [0.2, 0.25) is 0 Å². The molecule has 0 bridgehead atoms. The number of nitrogens with zero attached hydrogens (tertiary/aromatic N) is 1. The summed E-state index contributed by atoms with van der Waals surface area (Å²) in [7, 11) is 1.31. The maximum atomic E-state index is 12.7. The number of hydrogen-bond acceptors (Lipinski definition) is 4. The molecule has 6 nitrogen and oxygen atoms in total. The van der Waals surface area contributed by atoms with Gasteiger partial charge in [-0.2, -0.15) is 0 Å². The summed E-state index contributed by atoms with van der Waals surface area (Å²) in [6, 6.07) is 14.1. The highest BCUT2D eigenvalue weighted by molar-refractivity contribution is 5.97. The molecule has 2 aromatic rings. The molecule has 6 heteroatoms. The van der Waals surface area contributed by atoms with Crippen LogP contribution in [0, 0.1) is 12.8 Å². The van der Waals surface area contributed by atoms with E-state index in [-0.39, 0.29) is 17.7 Å². The van der Waals surface area contributed by atoms with Crippen LogP contribution < -0.4 is 5.32 Å². The van der Waals surface area contributed by atoms with Gasteiger partial charge >= 0.3 is 5.97 Å². The van der Waals surface area contributed by atoms with E-state index in [1.165, 1.54) is 7.11 Å². The third-order valence-corrected chi connectivity index (χ3v) is 4.93. The Labute approximate surface area is 164 Å². The monoisotopic (exact) mass is 380 g/mol. The van der Waals surface area contributed by atoms with Gasteiger partial charge in [-0.3, -0.25) is 9.59 Å². The first-order chi connectivity index (χ1) is 13.5. The zero-order chi connectivity index (χ0) is 20.1. The number of hydrogen-bond donors (Lipinski definition) is 1. The van der Waals surface area contributed by atoms with E-state index >= 15 is 0 Å². The number of piperidine rings is 1. The summed E-state index contributed by atoms with van der Waals surface area (Å²) < 4.78 is 4.71. The van der Waals surface area contributed by atoms with Crippen LogP contribution in [0.3, 0.4) is 0 Å². The zero-order valence-electron chi connectivity index (χ0n) is 16.1. The number of carbonyl (C=O) groups is 3. The van der Waals surface area contributed by atoms with Crippen molar-refractivity contribution in [3.8, 4) is 0 Å². The van der Waals surface area contributed by atoms with Gasteiger partial charge in [0.2, 0.25) is 5.91 Å². The lowest BCUT2D eigenvalue weighted by Crippen LogP contribution is -2.43. The first-order valence-electron chi connectivity index (χ1n) is 9.33. The van der Waals surface area contributed by atoms with E-state index in [1.54, 1.807) is 29.2 Å². The van der Waals surface area contributed by atoms with Gasteiger partial charge in [-0.15, -0.1) is 0 Å². The molecule has 0 aromatic heterocycles. The van der Waals surface area contributed by atoms with Crippen molar-refractivity contribution in [1.29, 1.82) is 0 Å². The van der Waals surface area contributed by atoms with Gasteiger partial charge in [0.05, 0.1) is 18.6 Å². The van der Waals surface area contributed by atoms with E-state index in [4.69, 9.17) is 4.74 Å². The van der Waals surface area contributed by atoms with E-state index < -0.39 is 5.97 Å². The van der Waals surface area contributed by atoms with Crippen LogP contribution in [0.4, 0.5) is 5.69 Å². The molecule has 1 aliphatic heterocycles. The summed E-state index contributed by atoms with van der Waals surface area (Å²) in [5, 5.41) is 2.85. The van der Waals surface area contributed by atoms with Crippen LogP contribution >= 0.6 is 0 Å². The molecule has 1 heterocycles. The van der Waals surface area contributed by atoms with Crippen molar-refractivity contribution in [2.45, 2.75) is 19.8 Å². The molecule has 1 aliphatic rings. The molecule has 2 amide bonds. The van der Waals surface area contributed by atoms with E-state index in [2.05, 4.69) is 5.32 Å². The summed E-state index contributed by atoms with van der Waals surface area (Å²) in [5.41, 5.74) is 2.65. The Morgan fingerprint density at radius 3 is 2.54 bits per heavy atom.